The van der Waals surface area contributed by atoms with E-state index in [1.54, 1.807) is 13.8 Å². The molecule has 0 bridgehead atoms. The molecule has 0 unspecified atom stereocenters. The molecule has 2 heterocycles. The van der Waals surface area contributed by atoms with Crippen LogP contribution in [0, 0.1) is 0 Å². The Hall–Kier alpha value is -0.910. The summed E-state index contributed by atoms with van der Waals surface area (Å²) in [5.41, 5.74) is -0.208. The van der Waals surface area contributed by atoms with Crippen LogP contribution in [0.25, 0.3) is 0 Å². The second kappa shape index (κ2) is 2.85. The zero-order valence-electron chi connectivity index (χ0n) is 9.14. The first-order valence-corrected chi connectivity index (χ1v) is 5.38. The van der Waals surface area contributed by atoms with E-state index < -0.39 is 23.9 Å². The maximum absolute atomic E-state index is 11.9. The number of rotatable bonds is 0. The highest BCUT2D eigenvalue weighted by atomic mass is 16.6. The van der Waals surface area contributed by atoms with Gasteiger partial charge in [0.05, 0.1) is 12.0 Å². The first kappa shape index (κ1) is 10.3. The summed E-state index contributed by atoms with van der Waals surface area (Å²) in [4.78, 5) is 11.9. The maximum Gasteiger partial charge on any atom is 0.169 e. The molecule has 0 aromatic rings. The van der Waals surface area contributed by atoms with Gasteiger partial charge in [0.15, 0.2) is 5.78 Å². The summed E-state index contributed by atoms with van der Waals surface area (Å²) in [6, 6.07) is 0. The van der Waals surface area contributed by atoms with Crippen LogP contribution in [0.15, 0.2) is 11.3 Å². The number of hydrogen-bond acceptors (Lipinski definition) is 5. The number of epoxide rings is 1. The van der Waals surface area contributed by atoms with Crippen LogP contribution in [0.4, 0.5) is 0 Å². The minimum absolute atomic E-state index is 0.0512. The number of ether oxygens (including phenoxy) is 2. The van der Waals surface area contributed by atoms with Gasteiger partial charge in [-0.15, -0.1) is 0 Å². The molecular weight excluding hydrogens is 212 g/mol. The van der Waals surface area contributed by atoms with Crippen molar-refractivity contribution < 1.29 is 24.5 Å². The normalized spacial score (nSPS) is 44.6. The van der Waals surface area contributed by atoms with Gasteiger partial charge in [0.1, 0.15) is 35.8 Å². The molecule has 3 aliphatic rings. The largest absolute Gasteiger partial charge is 0.488 e. The summed E-state index contributed by atoms with van der Waals surface area (Å²) in [6.07, 6.45) is -2.69. The minimum atomic E-state index is -1.15. The van der Waals surface area contributed by atoms with Crippen molar-refractivity contribution in [2.24, 2.45) is 0 Å². The third-order valence-corrected chi connectivity index (χ3v) is 3.28. The van der Waals surface area contributed by atoms with E-state index in [-0.39, 0.29) is 24.1 Å². The molecule has 0 aromatic carbocycles. The second-order valence-electron chi connectivity index (χ2n) is 5.20. The molecule has 2 aliphatic heterocycles. The molecule has 1 aliphatic carbocycles. The second-order valence-corrected chi connectivity index (χ2v) is 5.20. The van der Waals surface area contributed by atoms with Gasteiger partial charge in [0.25, 0.3) is 0 Å². The summed E-state index contributed by atoms with van der Waals surface area (Å²) in [5.74, 6) is 0.150. The van der Waals surface area contributed by atoms with E-state index in [9.17, 15) is 15.0 Å². The lowest BCUT2D eigenvalue weighted by molar-refractivity contribution is -0.127. The van der Waals surface area contributed by atoms with Crippen LogP contribution in [0.3, 0.4) is 0 Å². The van der Waals surface area contributed by atoms with Crippen LogP contribution in [0.2, 0.25) is 0 Å². The van der Waals surface area contributed by atoms with Crippen molar-refractivity contribution in [2.45, 2.75) is 50.3 Å². The van der Waals surface area contributed by atoms with Crippen LogP contribution < -0.4 is 0 Å². The monoisotopic (exact) mass is 226 g/mol. The number of aliphatic hydroxyl groups is 2. The fraction of sp³-hybridized carbons (Fsp3) is 0.727. The Labute approximate surface area is 92.7 Å². The first-order chi connectivity index (χ1) is 7.41. The van der Waals surface area contributed by atoms with Crippen molar-refractivity contribution in [3.05, 3.63) is 11.3 Å². The Morgan fingerprint density at radius 1 is 1.38 bits per heavy atom. The molecule has 16 heavy (non-hydrogen) atoms. The average Bonchev–Trinajstić information content (AvgIpc) is 2.91. The number of carbonyl (C=O) groups is 1. The van der Waals surface area contributed by atoms with Crippen molar-refractivity contribution in [3.63, 3.8) is 0 Å². The lowest BCUT2D eigenvalue weighted by Gasteiger charge is -2.37. The Balaban J connectivity index is 2.05. The molecule has 4 atom stereocenters. The SMILES string of the molecule is CC1(C)CC(=O)C2=C(O1)[C@@H](O)[C@H](O)[C@H]1O[C@@H]21. The van der Waals surface area contributed by atoms with Crippen molar-refractivity contribution in [1.29, 1.82) is 0 Å². The zero-order chi connectivity index (χ0) is 11.7. The Bertz CT molecular complexity index is 397. The number of hydrogen-bond donors (Lipinski definition) is 2. The van der Waals surface area contributed by atoms with E-state index in [1.807, 2.05) is 0 Å². The summed E-state index contributed by atoms with van der Waals surface area (Å²) in [5, 5.41) is 19.5. The molecule has 3 rings (SSSR count). The number of ketones is 1. The maximum atomic E-state index is 11.9. The Kier molecular flexibility index (Phi) is 1.83. The molecule has 88 valence electrons. The van der Waals surface area contributed by atoms with Gasteiger partial charge in [0, 0.05) is 0 Å². The average molecular weight is 226 g/mol. The molecule has 5 nitrogen and oxygen atoms in total. The molecular formula is C11H14O5. The van der Waals surface area contributed by atoms with Gasteiger partial charge in [-0.2, -0.15) is 0 Å². The number of Topliss-reactive ketones (excluding diaryl/α,β-unsaturated/α-hetero) is 1. The highest BCUT2D eigenvalue weighted by Gasteiger charge is 2.59. The van der Waals surface area contributed by atoms with E-state index in [0.29, 0.717) is 5.57 Å². The zero-order valence-corrected chi connectivity index (χ0v) is 9.14. The lowest BCUT2D eigenvalue weighted by Crippen LogP contribution is -2.46. The summed E-state index contributed by atoms with van der Waals surface area (Å²) in [6.45, 7) is 3.57. The summed E-state index contributed by atoms with van der Waals surface area (Å²) in [7, 11) is 0. The van der Waals surface area contributed by atoms with Gasteiger partial charge in [-0.25, -0.2) is 0 Å². The number of aliphatic hydroxyl groups excluding tert-OH is 2. The van der Waals surface area contributed by atoms with E-state index in [4.69, 9.17) is 9.47 Å². The van der Waals surface area contributed by atoms with Gasteiger partial charge < -0.3 is 19.7 Å². The fourth-order valence-corrected chi connectivity index (χ4v) is 2.48. The molecule has 2 N–H and O–H groups in total. The quantitative estimate of drug-likeness (QED) is 0.545. The van der Waals surface area contributed by atoms with E-state index in [0.717, 1.165) is 0 Å². The predicted octanol–water partition coefficient (Wildman–Crippen LogP) is -0.489. The standard InChI is InChI=1S/C11H14O5/c1-11(2)3-4(12)5-8(16-11)6(13)7(14)10-9(5)15-10/h6-7,9-10,13-14H,3H2,1-2H3/t6-,7-,9-,10+/m0/s1. The third kappa shape index (κ3) is 1.25. The van der Waals surface area contributed by atoms with Crippen molar-refractivity contribution in [3.8, 4) is 0 Å². The smallest absolute Gasteiger partial charge is 0.169 e. The predicted molar refractivity (Wildman–Crippen MR) is 52.5 cm³/mol. The van der Waals surface area contributed by atoms with Gasteiger partial charge >= 0.3 is 0 Å². The van der Waals surface area contributed by atoms with Gasteiger partial charge in [-0.05, 0) is 13.8 Å². The molecule has 0 aromatic heterocycles. The van der Waals surface area contributed by atoms with Gasteiger partial charge in [-0.1, -0.05) is 0 Å². The van der Waals surface area contributed by atoms with Crippen LogP contribution in [0.1, 0.15) is 20.3 Å². The van der Waals surface area contributed by atoms with E-state index >= 15 is 0 Å². The molecule has 5 heteroatoms. The van der Waals surface area contributed by atoms with Gasteiger partial charge in [-0.3, -0.25) is 4.79 Å². The van der Waals surface area contributed by atoms with Crippen LogP contribution >= 0.6 is 0 Å². The topological polar surface area (TPSA) is 79.3 Å². The molecule has 0 saturated carbocycles. The molecule has 1 saturated heterocycles. The van der Waals surface area contributed by atoms with E-state index in [1.165, 1.54) is 0 Å². The third-order valence-electron chi connectivity index (χ3n) is 3.28. The van der Waals surface area contributed by atoms with Crippen LogP contribution in [0.5, 0.6) is 0 Å². The van der Waals surface area contributed by atoms with Crippen LogP contribution in [-0.2, 0) is 14.3 Å². The number of carbonyl (C=O) groups excluding carboxylic acids is 1. The Morgan fingerprint density at radius 3 is 2.75 bits per heavy atom. The van der Waals surface area contributed by atoms with Crippen molar-refractivity contribution in [1.82, 2.24) is 0 Å². The molecule has 1 fully saturated rings. The molecule has 0 amide bonds. The minimum Gasteiger partial charge on any atom is -0.488 e. The molecule has 0 radical (unpaired) electrons. The van der Waals surface area contributed by atoms with Crippen LogP contribution in [-0.4, -0.2) is 46.0 Å². The summed E-state index contributed by atoms with van der Waals surface area (Å²) < 4.78 is 10.8. The van der Waals surface area contributed by atoms with Gasteiger partial charge in [0.2, 0.25) is 0 Å². The fourth-order valence-electron chi connectivity index (χ4n) is 2.48. The first-order valence-electron chi connectivity index (χ1n) is 5.38. The summed E-state index contributed by atoms with van der Waals surface area (Å²) >= 11 is 0. The Morgan fingerprint density at radius 2 is 2.06 bits per heavy atom. The highest BCUT2D eigenvalue weighted by Crippen LogP contribution is 2.46. The number of fused-ring (bicyclic) bond motifs is 2. The van der Waals surface area contributed by atoms with E-state index in [2.05, 4.69) is 0 Å². The lowest BCUT2D eigenvalue weighted by atomic mass is 9.84. The molecule has 0 spiro atoms. The highest BCUT2D eigenvalue weighted by molar-refractivity contribution is 5.99. The van der Waals surface area contributed by atoms with Crippen molar-refractivity contribution >= 4 is 5.78 Å². The van der Waals surface area contributed by atoms with Crippen molar-refractivity contribution in [2.75, 3.05) is 0 Å².